The second kappa shape index (κ2) is 4.93. The fourth-order valence-corrected chi connectivity index (χ4v) is 1.25. The molecule has 0 atom stereocenters. The molecule has 86 valence electrons. The van der Waals surface area contributed by atoms with Crippen LogP contribution in [0.3, 0.4) is 0 Å². The molecule has 1 heterocycles. The lowest BCUT2D eigenvalue weighted by molar-refractivity contribution is 0.389. The van der Waals surface area contributed by atoms with Gasteiger partial charge in [-0.2, -0.15) is 5.26 Å². The maximum atomic E-state index is 8.77. The van der Waals surface area contributed by atoms with Gasteiger partial charge in [0.05, 0.1) is 0 Å². The second-order valence-electron chi connectivity index (χ2n) is 5.07. The monoisotopic (exact) mass is 218 g/mol. The van der Waals surface area contributed by atoms with Gasteiger partial charge in [-0.3, -0.25) is 0 Å². The molecule has 0 fully saturated rings. The summed E-state index contributed by atoms with van der Waals surface area (Å²) in [7, 11) is 0. The largest absolute Gasteiger partial charge is 0.354 e. The van der Waals surface area contributed by atoms with Gasteiger partial charge in [-0.05, 0) is 24.8 Å². The third-order valence-corrected chi connectivity index (χ3v) is 2.13. The van der Waals surface area contributed by atoms with E-state index < -0.39 is 0 Å². The number of nitriles is 1. The predicted molar refractivity (Wildman–Crippen MR) is 64.0 cm³/mol. The lowest BCUT2D eigenvalue weighted by Gasteiger charge is -2.18. The molecule has 0 saturated carbocycles. The number of rotatable bonds is 3. The first-order valence-electron chi connectivity index (χ1n) is 5.40. The van der Waals surface area contributed by atoms with Gasteiger partial charge in [-0.25, -0.2) is 9.97 Å². The van der Waals surface area contributed by atoms with Gasteiger partial charge in [0.2, 0.25) is 5.95 Å². The molecule has 0 aromatic carbocycles. The minimum absolute atomic E-state index is 0.287. The Morgan fingerprint density at radius 2 is 2.06 bits per heavy atom. The molecule has 4 nitrogen and oxygen atoms in total. The minimum Gasteiger partial charge on any atom is -0.354 e. The highest BCUT2D eigenvalue weighted by molar-refractivity contribution is 5.32. The van der Waals surface area contributed by atoms with Crippen molar-refractivity contribution in [1.29, 1.82) is 5.26 Å². The van der Waals surface area contributed by atoms with Crippen molar-refractivity contribution in [1.82, 2.24) is 9.97 Å². The Morgan fingerprint density at radius 1 is 1.38 bits per heavy atom. The first kappa shape index (κ1) is 12.4. The van der Waals surface area contributed by atoms with E-state index >= 15 is 0 Å². The zero-order valence-electron chi connectivity index (χ0n) is 10.3. The standard InChI is InChI=1S/C12H18N4/c1-9-7-10(8-13)16-11(15-9)14-6-5-12(2,3)4/h7H,5-6H2,1-4H3,(H,14,15,16). The van der Waals surface area contributed by atoms with Crippen molar-refractivity contribution in [2.45, 2.75) is 34.1 Å². The summed E-state index contributed by atoms with van der Waals surface area (Å²) in [6.07, 6.45) is 1.03. The third-order valence-electron chi connectivity index (χ3n) is 2.13. The Kier molecular flexibility index (Phi) is 3.83. The molecule has 16 heavy (non-hydrogen) atoms. The van der Waals surface area contributed by atoms with Crippen molar-refractivity contribution in [2.24, 2.45) is 5.41 Å². The van der Waals surface area contributed by atoms with Crippen molar-refractivity contribution in [3.8, 4) is 6.07 Å². The van der Waals surface area contributed by atoms with E-state index in [4.69, 9.17) is 5.26 Å². The number of nitrogens with one attached hydrogen (secondary N) is 1. The summed E-state index contributed by atoms with van der Waals surface area (Å²) in [5.41, 5.74) is 1.50. The van der Waals surface area contributed by atoms with Crippen LogP contribution in [0.5, 0.6) is 0 Å². The predicted octanol–water partition coefficient (Wildman–Crippen LogP) is 2.50. The van der Waals surface area contributed by atoms with Crippen molar-refractivity contribution in [2.75, 3.05) is 11.9 Å². The first-order valence-corrected chi connectivity index (χ1v) is 5.40. The van der Waals surface area contributed by atoms with E-state index in [9.17, 15) is 0 Å². The summed E-state index contributed by atoms with van der Waals surface area (Å²) >= 11 is 0. The molecule has 0 aliphatic rings. The van der Waals surface area contributed by atoms with Crippen LogP contribution in [-0.2, 0) is 0 Å². The van der Waals surface area contributed by atoms with Crippen molar-refractivity contribution in [3.05, 3.63) is 17.5 Å². The molecule has 0 aliphatic heterocycles. The molecule has 0 saturated heterocycles. The fraction of sp³-hybridized carbons (Fsp3) is 0.583. The van der Waals surface area contributed by atoms with Gasteiger partial charge in [-0.15, -0.1) is 0 Å². The average molecular weight is 218 g/mol. The van der Waals surface area contributed by atoms with Crippen molar-refractivity contribution >= 4 is 5.95 Å². The topological polar surface area (TPSA) is 61.6 Å². The molecule has 0 bridgehead atoms. The Balaban J connectivity index is 2.61. The van der Waals surface area contributed by atoms with Crippen LogP contribution in [0, 0.1) is 23.7 Å². The van der Waals surface area contributed by atoms with Gasteiger partial charge in [0, 0.05) is 12.2 Å². The highest BCUT2D eigenvalue weighted by Gasteiger charge is 2.09. The molecule has 1 rings (SSSR count). The number of hydrogen-bond donors (Lipinski definition) is 1. The fourth-order valence-electron chi connectivity index (χ4n) is 1.25. The summed E-state index contributed by atoms with van der Waals surface area (Å²) < 4.78 is 0. The van der Waals surface area contributed by atoms with Crippen LogP contribution < -0.4 is 5.32 Å². The number of aromatic nitrogens is 2. The second-order valence-corrected chi connectivity index (χ2v) is 5.07. The Labute approximate surface area is 96.7 Å². The lowest BCUT2D eigenvalue weighted by Crippen LogP contribution is -2.14. The van der Waals surface area contributed by atoms with Crippen molar-refractivity contribution < 1.29 is 0 Å². The third kappa shape index (κ3) is 4.26. The van der Waals surface area contributed by atoms with E-state index in [1.807, 2.05) is 13.0 Å². The van der Waals surface area contributed by atoms with Gasteiger partial charge >= 0.3 is 0 Å². The normalized spacial score (nSPS) is 10.9. The van der Waals surface area contributed by atoms with Crippen LogP contribution in [0.15, 0.2) is 6.07 Å². The highest BCUT2D eigenvalue weighted by atomic mass is 15.1. The number of hydrogen-bond acceptors (Lipinski definition) is 4. The van der Waals surface area contributed by atoms with Crippen LogP contribution in [0.25, 0.3) is 0 Å². The maximum absolute atomic E-state index is 8.77. The summed E-state index contributed by atoms with van der Waals surface area (Å²) in [4.78, 5) is 8.32. The Hall–Kier alpha value is -1.63. The number of anilines is 1. The van der Waals surface area contributed by atoms with E-state index in [2.05, 4.69) is 36.1 Å². The van der Waals surface area contributed by atoms with Crippen LogP contribution in [-0.4, -0.2) is 16.5 Å². The molecule has 1 N–H and O–H groups in total. The van der Waals surface area contributed by atoms with Crippen LogP contribution in [0.4, 0.5) is 5.95 Å². The van der Waals surface area contributed by atoms with E-state index in [-0.39, 0.29) is 5.41 Å². The molecule has 0 unspecified atom stereocenters. The van der Waals surface area contributed by atoms with E-state index in [1.165, 1.54) is 0 Å². The molecule has 1 aromatic heterocycles. The van der Waals surface area contributed by atoms with Crippen molar-refractivity contribution in [3.63, 3.8) is 0 Å². The molecule has 1 aromatic rings. The van der Waals surface area contributed by atoms with Gasteiger partial charge in [-0.1, -0.05) is 20.8 Å². The maximum Gasteiger partial charge on any atom is 0.224 e. The highest BCUT2D eigenvalue weighted by Crippen LogP contribution is 2.17. The molecule has 4 heteroatoms. The quantitative estimate of drug-likeness (QED) is 0.846. The molecular weight excluding hydrogens is 200 g/mol. The summed E-state index contributed by atoms with van der Waals surface area (Å²) in [5.74, 6) is 0.542. The summed E-state index contributed by atoms with van der Waals surface area (Å²) in [5, 5.41) is 11.9. The number of aryl methyl sites for hydroxylation is 1. The average Bonchev–Trinajstić information content (AvgIpc) is 2.14. The minimum atomic E-state index is 0.287. The summed E-state index contributed by atoms with van der Waals surface area (Å²) in [6, 6.07) is 3.70. The Bertz CT molecular complexity index is 398. The zero-order chi connectivity index (χ0) is 12.2. The van der Waals surface area contributed by atoms with Gasteiger partial charge in [0.1, 0.15) is 11.8 Å². The molecule has 0 aliphatic carbocycles. The Morgan fingerprint density at radius 3 is 2.62 bits per heavy atom. The van der Waals surface area contributed by atoms with Crippen LogP contribution in [0.2, 0.25) is 0 Å². The lowest BCUT2D eigenvalue weighted by atomic mass is 9.92. The van der Waals surface area contributed by atoms with Crippen LogP contribution >= 0.6 is 0 Å². The smallest absolute Gasteiger partial charge is 0.224 e. The number of nitrogens with zero attached hydrogens (tertiary/aromatic N) is 3. The van der Waals surface area contributed by atoms with Gasteiger partial charge in [0.15, 0.2) is 0 Å². The van der Waals surface area contributed by atoms with Gasteiger partial charge in [0.25, 0.3) is 0 Å². The molecule has 0 radical (unpaired) electrons. The molecule has 0 spiro atoms. The SMILES string of the molecule is Cc1cc(C#N)nc(NCCC(C)(C)C)n1. The first-order chi connectivity index (χ1) is 7.40. The van der Waals surface area contributed by atoms with Gasteiger partial charge < -0.3 is 5.32 Å². The zero-order valence-corrected chi connectivity index (χ0v) is 10.3. The van der Waals surface area contributed by atoms with Crippen LogP contribution in [0.1, 0.15) is 38.6 Å². The molecular formula is C12H18N4. The van der Waals surface area contributed by atoms with E-state index in [1.54, 1.807) is 6.07 Å². The van der Waals surface area contributed by atoms with E-state index in [0.29, 0.717) is 11.6 Å². The summed E-state index contributed by atoms with van der Waals surface area (Å²) in [6.45, 7) is 9.24. The van der Waals surface area contributed by atoms with E-state index in [0.717, 1.165) is 18.7 Å². The molecule has 0 amide bonds.